The van der Waals surface area contributed by atoms with E-state index in [1.807, 2.05) is 11.5 Å². The summed E-state index contributed by atoms with van der Waals surface area (Å²) in [6.45, 7) is 4.16. The van der Waals surface area contributed by atoms with E-state index in [9.17, 15) is 13.2 Å². The van der Waals surface area contributed by atoms with Crippen molar-refractivity contribution in [3.8, 4) is 0 Å². The van der Waals surface area contributed by atoms with Gasteiger partial charge >= 0.3 is 0 Å². The van der Waals surface area contributed by atoms with Crippen molar-refractivity contribution >= 4 is 27.0 Å². The number of carbonyl (C=O) groups is 1. The van der Waals surface area contributed by atoms with Gasteiger partial charge in [-0.1, -0.05) is 0 Å². The molecule has 29 heavy (non-hydrogen) atoms. The maximum Gasteiger partial charge on any atom is 0.242 e. The van der Waals surface area contributed by atoms with E-state index in [0.29, 0.717) is 31.4 Å². The van der Waals surface area contributed by atoms with Crippen molar-refractivity contribution < 1.29 is 17.9 Å². The topological polar surface area (TPSA) is 93.5 Å². The van der Waals surface area contributed by atoms with Crippen LogP contribution in [0.25, 0.3) is 11.0 Å². The van der Waals surface area contributed by atoms with Gasteiger partial charge in [-0.15, -0.1) is 0 Å². The fourth-order valence-electron chi connectivity index (χ4n) is 3.63. The Morgan fingerprint density at radius 1 is 1.38 bits per heavy atom. The second kappa shape index (κ2) is 9.23. The predicted molar refractivity (Wildman–Crippen MR) is 111 cm³/mol. The average Bonchev–Trinajstić information content (AvgIpc) is 3.32. The van der Waals surface area contributed by atoms with Crippen molar-refractivity contribution in [2.45, 2.75) is 56.6 Å². The highest BCUT2D eigenvalue weighted by Gasteiger charge is 2.20. The van der Waals surface area contributed by atoms with Crippen LogP contribution in [0.2, 0.25) is 0 Å². The Morgan fingerprint density at radius 2 is 2.17 bits per heavy atom. The number of amides is 1. The molecule has 0 saturated carbocycles. The fourth-order valence-corrected chi connectivity index (χ4v) is 4.55. The smallest absolute Gasteiger partial charge is 0.242 e. The van der Waals surface area contributed by atoms with Gasteiger partial charge in [0.05, 0.1) is 22.0 Å². The van der Waals surface area contributed by atoms with Gasteiger partial charge in [-0.05, 0) is 44.4 Å². The Hall–Kier alpha value is -1.97. The van der Waals surface area contributed by atoms with E-state index in [1.165, 1.54) is 18.4 Å². The summed E-state index contributed by atoms with van der Waals surface area (Å²) in [5.41, 5.74) is 1.50. The number of nitrogens with zero attached hydrogens (tertiary/aromatic N) is 3. The Morgan fingerprint density at radius 3 is 2.83 bits per heavy atom. The molecular formula is C20H30N4O4S. The number of ether oxygens (including phenoxy) is 1. The number of hydrogen-bond acceptors (Lipinski definition) is 5. The van der Waals surface area contributed by atoms with E-state index in [2.05, 4.69) is 10.3 Å². The first-order valence-electron chi connectivity index (χ1n) is 10.1. The van der Waals surface area contributed by atoms with Crippen molar-refractivity contribution in [3.63, 3.8) is 0 Å². The SMILES string of the molecule is CCn1c(CCC(=O)NCCC2CCCO2)nc2cc(S(=O)(=O)N(C)C)ccc21. The van der Waals surface area contributed by atoms with Crippen LogP contribution < -0.4 is 5.32 Å². The molecule has 2 heterocycles. The maximum atomic E-state index is 12.4. The van der Waals surface area contributed by atoms with Gasteiger partial charge in [0.15, 0.2) is 0 Å². The third kappa shape index (κ3) is 4.96. The van der Waals surface area contributed by atoms with Crippen LogP contribution in [-0.4, -0.2) is 61.5 Å². The number of sulfonamides is 1. The minimum atomic E-state index is -3.51. The first-order valence-corrected chi connectivity index (χ1v) is 11.6. The van der Waals surface area contributed by atoms with Crippen LogP contribution in [0.15, 0.2) is 23.1 Å². The Bertz CT molecular complexity index is 962. The molecule has 1 aliphatic rings. The summed E-state index contributed by atoms with van der Waals surface area (Å²) in [4.78, 5) is 17.0. The first-order chi connectivity index (χ1) is 13.8. The van der Waals surface area contributed by atoms with Crippen LogP contribution in [0, 0.1) is 0 Å². The summed E-state index contributed by atoms with van der Waals surface area (Å²) < 4.78 is 33.5. The predicted octanol–water partition coefficient (Wildman–Crippen LogP) is 1.92. The second-order valence-corrected chi connectivity index (χ2v) is 9.64. The summed E-state index contributed by atoms with van der Waals surface area (Å²) in [5.74, 6) is 0.782. The largest absolute Gasteiger partial charge is 0.378 e. The Balaban J connectivity index is 1.66. The Kier molecular flexibility index (Phi) is 6.92. The molecule has 1 unspecified atom stereocenters. The van der Waals surface area contributed by atoms with Crippen LogP contribution in [-0.2, 0) is 32.5 Å². The first kappa shape index (κ1) is 21.7. The van der Waals surface area contributed by atoms with E-state index >= 15 is 0 Å². The van der Waals surface area contributed by atoms with Gasteiger partial charge in [-0.25, -0.2) is 17.7 Å². The van der Waals surface area contributed by atoms with Crippen molar-refractivity contribution in [1.29, 1.82) is 0 Å². The molecule has 1 atom stereocenters. The molecule has 9 heteroatoms. The number of imidazole rings is 1. The molecule has 1 amide bonds. The molecule has 160 valence electrons. The molecule has 1 saturated heterocycles. The highest BCUT2D eigenvalue weighted by atomic mass is 32.2. The highest BCUT2D eigenvalue weighted by Crippen LogP contribution is 2.22. The van der Waals surface area contributed by atoms with Crippen molar-refractivity contribution in [2.75, 3.05) is 27.2 Å². The lowest BCUT2D eigenvalue weighted by molar-refractivity contribution is -0.121. The molecule has 1 aliphatic heterocycles. The lowest BCUT2D eigenvalue weighted by atomic mass is 10.2. The highest BCUT2D eigenvalue weighted by molar-refractivity contribution is 7.89. The standard InChI is InChI=1S/C20H30N4O4S/c1-4-24-18-8-7-16(29(26,27)23(2)3)14-17(18)22-19(24)9-10-20(25)21-12-11-15-6-5-13-28-15/h7-8,14-15H,4-6,9-13H2,1-3H3,(H,21,25). The van der Waals surface area contributed by atoms with E-state index in [-0.39, 0.29) is 16.9 Å². The molecule has 0 spiro atoms. The molecule has 8 nitrogen and oxygen atoms in total. The normalized spacial score (nSPS) is 17.3. The minimum Gasteiger partial charge on any atom is -0.378 e. The molecule has 2 aromatic rings. The number of carbonyl (C=O) groups excluding carboxylic acids is 1. The number of benzene rings is 1. The summed E-state index contributed by atoms with van der Waals surface area (Å²) in [6, 6.07) is 4.99. The molecule has 1 N–H and O–H groups in total. The van der Waals surface area contributed by atoms with Gasteiger partial charge in [0.1, 0.15) is 5.82 Å². The molecule has 0 aliphatic carbocycles. The fraction of sp³-hybridized carbons (Fsp3) is 0.600. The lowest BCUT2D eigenvalue weighted by Crippen LogP contribution is -2.27. The second-order valence-electron chi connectivity index (χ2n) is 7.48. The maximum absolute atomic E-state index is 12.4. The van der Waals surface area contributed by atoms with Crippen LogP contribution in [0.3, 0.4) is 0 Å². The minimum absolute atomic E-state index is 0.00594. The van der Waals surface area contributed by atoms with Gasteiger partial charge in [-0.3, -0.25) is 4.79 Å². The number of aryl methyl sites for hydroxylation is 2. The number of hydrogen-bond donors (Lipinski definition) is 1. The van der Waals surface area contributed by atoms with Crippen LogP contribution in [0.4, 0.5) is 0 Å². The zero-order valence-corrected chi connectivity index (χ0v) is 18.2. The van der Waals surface area contributed by atoms with Gasteiger partial charge in [0.25, 0.3) is 0 Å². The van der Waals surface area contributed by atoms with E-state index in [1.54, 1.807) is 18.2 Å². The van der Waals surface area contributed by atoms with Gasteiger partial charge in [-0.2, -0.15) is 0 Å². The summed E-state index contributed by atoms with van der Waals surface area (Å²) in [6.07, 6.45) is 4.14. The van der Waals surface area contributed by atoms with Crippen molar-refractivity contribution in [3.05, 3.63) is 24.0 Å². The van der Waals surface area contributed by atoms with Crippen LogP contribution >= 0.6 is 0 Å². The zero-order valence-electron chi connectivity index (χ0n) is 17.3. The van der Waals surface area contributed by atoms with Crippen molar-refractivity contribution in [1.82, 2.24) is 19.2 Å². The number of nitrogens with one attached hydrogen (secondary N) is 1. The lowest BCUT2D eigenvalue weighted by Gasteiger charge is -2.11. The monoisotopic (exact) mass is 422 g/mol. The number of rotatable bonds is 9. The molecule has 1 aromatic heterocycles. The molecular weight excluding hydrogens is 392 g/mol. The van der Waals surface area contributed by atoms with Gasteiger partial charge in [0, 0.05) is 46.6 Å². The zero-order chi connectivity index (χ0) is 21.0. The summed E-state index contributed by atoms with van der Waals surface area (Å²) in [5, 5.41) is 2.95. The number of aromatic nitrogens is 2. The molecule has 1 aromatic carbocycles. The summed E-state index contributed by atoms with van der Waals surface area (Å²) >= 11 is 0. The van der Waals surface area contributed by atoms with E-state index < -0.39 is 10.0 Å². The summed E-state index contributed by atoms with van der Waals surface area (Å²) in [7, 11) is -0.498. The van der Waals surface area contributed by atoms with Crippen LogP contribution in [0.1, 0.15) is 38.4 Å². The van der Waals surface area contributed by atoms with Crippen molar-refractivity contribution in [2.24, 2.45) is 0 Å². The third-order valence-electron chi connectivity index (χ3n) is 5.28. The van der Waals surface area contributed by atoms with Gasteiger partial charge in [0.2, 0.25) is 15.9 Å². The van der Waals surface area contributed by atoms with E-state index in [0.717, 1.165) is 37.2 Å². The number of fused-ring (bicyclic) bond motifs is 1. The van der Waals surface area contributed by atoms with E-state index in [4.69, 9.17) is 4.74 Å². The Labute approximate surface area is 172 Å². The van der Waals surface area contributed by atoms with Crippen LogP contribution in [0.5, 0.6) is 0 Å². The third-order valence-corrected chi connectivity index (χ3v) is 7.09. The molecule has 3 rings (SSSR count). The average molecular weight is 423 g/mol. The van der Waals surface area contributed by atoms with Gasteiger partial charge < -0.3 is 14.6 Å². The quantitative estimate of drug-likeness (QED) is 0.666. The molecule has 0 bridgehead atoms. The molecule has 1 fully saturated rings. The molecule has 0 radical (unpaired) electrons.